The molecule has 0 radical (unpaired) electrons. The fraction of sp³-hybridized carbons (Fsp3) is 0.175. The number of fused-ring (bicyclic) bond motifs is 5. The molecule has 0 spiro atoms. The van der Waals surface area contributed by atoms with Crippen molar-refractivity contribution in [3.8, 4) is 17.2 Å². The van der Waals surface area contributed by atoms with Crippen LogP contribution in [0.5, 0.6) is 5.75 Å². The van der Waals surface area contributed by atoms with E-state index in [0.717, 1.165) is 16.5 Å². The molecule has 2 heterocycles. The highest BCUT2D eigenvalue weighted by Gasteiger charge is 2.56. The maximum absolute atomic E-state index is 14.4. The van der Waals surface area contributed by atoms with Crippen LogP contribution in [0.15, 0.2) is 124 Å². The summed E-state index contributed by atoms with van der Waals surface area (Å²) in [7, 11) is 0. The van der Waals surface area contributed by atoms with Crippen LogP contribution in [0.1, 0.15) is 31.2 Å². The van der Waals surface area contributed by atoms with E-state index in [2.05, 4.69) is 4.98 Å². The second kappa shape index (κ2) is 10.3. The molecule has 8 heteroatoms. The van der Waals surface area contributed by atoms with Crippen LogP contribution >= 0.6 is 0 Å². The summed E-state index contributed by atoms with van der Waals surface area (Å²) in [5, 5.41) is 13.1. The molecular formula is C40H28N2O6. The summed E-state index contributed by atoms with van der Waals surface area (Å²) in [6.07, 6.45) is 3.81. The zero-order chi connectivity index (χ0) is 32.8. The van der Waals surface area contributed by atoms with Crippen molar-refractivity contribution in [1.29, 1.82) is 0 Å². The van der Waals surface area contributed by atoms with Gasteiger partial charge in [0.15, 0.2) is 17.1 Å². The first-order valence-corrected chi connectivity index (χ1v) is 16.0. The first-order valence-electron chi connectivity index (χ1n) is 16.0. The van der Waals surface area contributed by atoms with E-state index in [9.17, 15) is 24.3 Å². The molecule has 1 saturated heterocycles. The van der Waals surface area contributed by atoms with Crippen molar-refractivity contribution in [2.45, 2.75) is 25.7 Å². The number of rotatable bonds is 3. The monoisotopic (exact) mass is 632 g/mol. The van der Waals surface area contributed by atoms with Crippen molar-refractivity contribution in [3.63, 3.8) is 0 Å². The molecule has 48 heavy (non-hydrogen) atoms. The van der Waals surface area contributed by atoms with Crippen molar-refractivity contribution in [1.82, 2.24) is 4.98 Å². The van der Waals surface area contributed by atoms with Crippen molar-refractivity contribution in [3.05, 3.63) is 125 Å². The van der Waals surface area contributed by atoms with Gasteiger partial charge in [0.1, 0.15) is 11.3 Å². The Balaban J connectivity index is 1.11. The van der Waals surface area contributed by atoms with E-state index in [1.165, 1.54) is 11.0 Å². The van der Waals surface area contributed by atoms with Gasteiger partial charge in [-0.15, -0.1) is 0 Å². The standard InChI is InChI=1S/C40H28N2O6/c1-20-18-31(43)35-29(36(20)44)19-28-25(33(35)26-15-12-21-6-2-3-7-24(21)37(26)45)16-17-27-34(28)40(47)42(39(27)46)23-13-10-22(11-14-23)38-41-30-8-4-5-9-32(30)48-38/h2-16,18,27-28,33-34,45H,17,19H2,1H3/t27-,28+,33+,34-/m0/s1. The lowest BCUT2D eigenvalue weighted by Gasteiger charge is -2.42. The number of carbonyl (C=O) groups excluding carboxylic acids is 4. The Kier molecular flexibility index (Phi) is 6.09. The summed E-state index contributed by atoms with van der Waals surface area (Å²) >= 11 is 0. The number of benzene rings is 4. The molecule has 0 unspecified atom stereocenters. The van der Waals surface area contributed by atoms with Gasteiger partial charge in [-0.2, -0.15) is 0 Å². The molecule has 1 N–H and O–H groups in total. The second-order valence-corrected chi connectivity index (χ2v) is 13.0. The minimum Gasteiger partial charge on any atom is -0.507 e. The number of nitrogens with zero attached hydrogens (tertiary/aromatic N) is 2. The fourth-order valence-electron chi connectivity index (χ4n) is 8.25. The van der Waals surface area contributed by atoms with Crippen LogP contribution in [0.25, 0.3) is 33.3 Å². The number of allylic oxidation sites excluding steroid dienone is 6. The number of amides is 2. The van der Waals surface area contributed by atoms with Gasteiger partial charge in [-0.05, 0) is 73.5 Å². The topological polar surface area (TPSA) is 118 Å². The zero-order valence-corrected chi connectivity index (χ0v) is 25.8. The third-order valence-corrected chi connectivity index (χ3v) is 10.5. The van der Waals surface area contributed by atoms with Gasteiger partial charge in [-0.3, -0.25) is 24.1 Å². The fourth-order valence-corrected chi connectivity index (χ4v) is 8.25. The Morgan fingerprint density at radius 3 is 2.44 bits per heavy atom. The molecule has 4 aromatic carbocycles. The number of Topliss-reactive ketones (excluding diaryl/α,β-unsaturated/α-hetero) is 1. The lowest BCUT2D eigenvalue weighted by Crippen LogP contribution is -2.39. The van der Waals surface area contributed by atoms with Gasteiger partial charge >= 0.3 is 0 Å². The molecule has 3 aliphatic carbocycles. The first-order chi connectivity index (χ1) is 23.3. The lowest BCUT2D eigenvalue weighted by molar-refractivity contribution is -0.123. The van der Waals surface area contributed by atoms with E-state index in [4.69, 9.17) is 4.42 Å². The quantitative estimate of drug-likeness (QED) is 0.129. The third kappa shape index (κ3) is 3.98. The molecule has 0 bridgehead atoms. The van der Waals surface area contributed by atoms with Crippen LogP contribution in [0.3, 0.4) is 0 Å². The van der Waals surface area contributed by atoms with Gasteiger partial charge in [0.05, 0.1) is 17.5 Å². The van der Waals surface area contributed by atoms with Crippen LogP contribution in [0, 0.1) is 17.8 Å². The van der Waals surface area contributed by atoms with Gasteiger partial charge in [-0.1, -0.05) is 60.2 Å². The minimum absolute atomic E-state index is 0.0367. The number of aromatic hydroxyl groups is 1. The Hall–Kier alpha value is -5.89. The summed E-state index contributed by atoms with van der Waals surface area (Å²) in [4.78, 5) is 61.4. The number of aromatic nitrogens is 1. The molecule has 8 nitrogen and oxygen atoms in total. The van der Waals surface area contributed by atoms with Gasteiger partial charge in [0.25, 0.3) is 0 Å². The molecular weight excluding hydrogens is 604 g/mol. The molecule has 5 aromatic rings. The number of para-hydroxylation sites is 2. The smallest absolute Gasteiger partial charge is 0.238 e. The molecule has 4 atom stereocenters. The lowest BCUT2D eigenvalue weighted by atomic mass is 9.59. The van der Waals surface area contributed by atoms with Crippen molar-refractivity contribution in [2.75, 3.05) is 4.90 Å². The van der Waals surface area contributed by atoms with Gasteiger partial charge < -0.3 is 9.52 Å². The van der Waals surface area contributed by atoms with Gasteiger partial charge in [-0.25, -0.2) is 4.98 Å². The molecule has 1 aromatic heterocycles. The molecule has 4 aliphatic rings. The highest BCUT2D eigenvalue weighted by molar-refractivity contribution is 6.25. The van der Waals surface area contributed by atoms with Gasteiger partial charge in [0, 0.05) is 39.2 Å². The van der Waals surface area contributed by atoms with E-state index >= 15 is 0 Å². The Morgan fingerprint density at radius 1 is 0.854 bits per heavy atom. The van der Waals surface area contributed by atoms with Crippen molar-refractivity contribution < 1.29 is 28.7 Å². The summed E-state index contributed by atoms with van der Waals surface area (Å²) in [6.45, 7) is 1.62. The maximum atomic E-state index is 14.4. The Bertz CT molecular complexity index is 2340. The second-order valence-electron chi connectivity index (χ2n) is 13.0. The summed E-state index contributed by atoms with van der Waals surface area (Å²) in [5.41, 5.74) is 4.92. The number of ketones is 2. The Morgan fingerprint density at radius 2 is 1.62 bits per heavy atom. The summed E-state index contributed by atoms with van der Waals surface area (Å²) < 4.78 is 5.90. The third-order valence-electron chi connectivity index (χ3n) is 10.5. The van der Waals surface area contributed by atoms with Crippen molar-refractivity contribution >= 4 is 50.9 Å². The molecule has 2 amide bonds. The molecule has 9 rings (SSSR count). The predicted octanol–water partition coefficient (Wildman–Crippen LogP) is 6.99. The first kappa shape index (κ1) is 28.3. The molecule has 234 valence electrons. The van der Waals surface area contributed by atoms with Crippen LogP contribution in [0.2, 0.25) is 0 Å². The average Bonchev–Trinajstić information content (AvgIpc) is 3.65. The highest BCUT2D eigenvalue weighted by atomic mass is 16.3. The number of imide groups is 1. The number of oxazole rings is 1. The van der Waals surface area contributed by atoms with E-state index < -0.39 is 23.7 Å². The van der Waals surface area contributed by atoms with Crippen LogP contribution in [0.4, 0.5) is 5.69 Å². The molecule has 1 fully saturated rings. The van der Waals surface area contributed by atoms with Crippen molar-refractivity contribution in [2.24, 2.45) is 17.8 Å². The number of carbonyl (C=O) groups is 4. The number of anilines is 1. The summed E-state index contributed by atoms with van der Waals surface area (Å²) in [6, 6.07) is 25.6. The van der Waals surface area contributed by atoms with E-state index in [1.54, 1.807) is 37.3 Å². The maximum Gasteiger partial charge on any atom is 0.238 e. The van der Waals surface area contributed by atoms with Crippen LogP contribution < -0.4 is 4.90 Å². The molecule has 0 saturated carbocycles. The van der Waals surface area contributed by atoms with Gasteiger partial charge in [0.2, 0.25) is 17.7 Å². The predicted molar refractivity (Wildman–Crippen MR) is 179 cm³/mol. The normalized spacial score (nSPS) is 23.7. The zero-order valence-electron chi connectivity index (χ0n) is 25.8. The number of hydrogen-bond acceptors (Lipinski definition) is 7. The SMILES string of the molecule is CC1=CC(=O)C2=C(C[C@@H]3C(=CC[C@@H]4C(=O)N(c5ccc(-c6nc7ccccc7o6)cc5)C(=O)[C@@H]43)[C@@H]2c2ccc3ccccc3c2O)C1=O. The van der Waals surface area contributed by atoms with Crippen LogP contribution in [-0.4, -0.2) is 33.5 Å². The van der Waals surface area contributed by atoms with E-state index in [1.807, 2.05) is 60.7 Å². The highest BCUT2D eigenvalue weighted by Crippen LogP contribution is 2.56. The minimum atomic E-state index is -0.724. The Labute approximate surface area is 274 Å². The molecule has 1 aliphatic heterocycles. The number of hydrogen-bond donors (Lipinski definition) is 1. The number of phenols is 1. The average molecular weight is 633 g/mol. The van der Waals surface area contributed by atoms with Crippen LogP contribution in [-0.2, 0) is 19.2 Å². The van der Waals surface area contributed by atoms with E-state index in [0.29, 0.717) is 56.8 Å². The number of phenolic OH excluding ortho intramolecular Hbond substituents is 1. The summed E-state index contributed by atoms with van der Waals surface area (Å²) in [5.74, 6) is -3.20. The largest absolute Gasteiger partial charge is 0.507 e. The van der Waals surface area contributed by atoms with E-state index in [-0.39, 0.29) is 35.6 Å².